The Hall–Kier alpha value is -0.353. The Kier molecular flexibility index (Phi) is 2.91. The summed E-state index contributed by atoms with van der Waals surface area (Å²) in [5.41, 5.74) is -0.143. The monoisotopic (exact) mass is 242 g/mol. The van der Waals surface area contributed by atoms with E-state index in [9.17, 15) is 4.79 Å². The number of fused-ring (bicyclic) bond motifs is 1. The summed E-state index contributed by atoms with van der Waals surface area (Å²) in [7, 11) is -0.102. The number of methoxy groups -OCH3 is 1. The van der Waals surface area contributed by atoms with E-state index in [1.807, 2.05) is 0 Å². The van der Waals surface area contributed by atoms with Crippen LogP contribution in [0, 0.1) is 11.8 Å². The zero-order valence-corrected chi connectivity index (χ0v) is 11.7. The van der Waals surface area contributed by atoms with E-state index >= 15 is 0 Å². The lowest BCUT2D eigenvalue weighted by molar-refractivity contribution is -0.143. The van der Waals surface area contributed by atoms with Gasteiger partial charge in [-0.05, 0) is 32.5 Å². The maximum atomic E-state index is 11.7. The first kappa shape index (κ1) is 12.1. The molecule has 16 heavy (non-hydrogen) atoms. The van der Waals surface area contributed by atoms with E-state index in [1.54, 1.807) is 0 Å². The minimum absolute atomic E-state index is 0.0201. The Morgan fingerprint density at radius 1 is 1.31 bits per heavy atom. The van der Waals surface area contributed by atoms with Crippen molar-refractivity contribution in [3.63, 3.8) is 0 Å². The highest BCUT2D eigenvalue weighted by Gasteiger charge is 2.70. The van der Waals surface area contributed by atoms with E-state index in [-0.39, 0.29) is 17.5 Å². The molecule has 0 aromatic heterocycles. The Labute approximate surface area is 98.6 Å². The molecule has 2 aliphatic rings. The molecule has 0 aliphatic heterocycles. The molecule has 0 radical (unpaired) electrons. The molecular formula is C12H22O3Si. The summed E-state index contributed by atoms with van der Waals surface area (Å²) in [6.45, 7) is 6.58. The Morgan fingerprint density at radius 3 is 2.56 bits per heavy atom. The second-order valence-corrected chi connectivity index (χ2v) is 10.5. The summed E-state index contributed by atoms with van der Waals surface area (Å²) in [4.78, 5) is 11.7. The van der Waals surface area contributed by atoms with E-state index in [4.69, 9.17) is 9.16 Å². The fourth-order valence-electron chi connectivity index (χ4n) is 3.26. The van der Waals surface area contributed by atoms with E-state index < -0.39 is 8.32 Å². The zero-order valence-electron chi connectivity index (χ0n) is 10.7. The quantitative estimate of drug-likeness (QED) is 0.563. The van der Waals surface area contributed by atoms with E-state index in [0.717, 1.165) is 12.8 Å². The minimum atomic E-state index is -1.58. The molecule has 0 bridgehead atoms. The van der Waals surface area contributed by atoms with E-state index in [2.05, 4.69) is 19.6 Å². The second-order valence-electron chi connectivity index (χ2n) is 6.02. The molecule has 3 atom stereocenters. The van der Waals surface area contributed by atoms with E-state index in [0.29, 0.717) is 5.92 Å². The van der Waals surface area contributed by atoms with Crippen LogP contribution in [-0.2, 0) is 14.0 Å². The molecule has 2 saturated carbocycles. The standard InChI is InChI=1S/C12H22O3Si/c1-14-11(13)10-9-7-5-6-8-12(9,10)15-16(2,3)4/h9-10H,5-8H2,1-4H3/t9-,10-,12+/m1/s1. The highest BCUT2D eigenvalue weighted by Crippen LogP contribution is 2.62. The number of rotatable bonds is 3. The lowest BCUT2D eigenvalue weighted by Gasteiger charge is -2.30. The number of ether oxygens (including phenoxy) is 1. The summed E-state index contributed by atoms with van der Waals surface area (Å²) in [6, 6.07) is 0. The van der Waals surface area contributed by atoms with Crippen LogP contribution in [-0.4, -0.2) is 27.0 Å². The highest BCUT2D eigenvalue weighted by molar-refractivity contribution is 6.69. The Morgan fingerprint density at radius 2 is 2.00 bits per heavy atom. The van der Waals surface area contributed by atoms with Gasteiger partial charge in [-0.1, -0.05) is 12.8 Å². The van der Waals surface area contributed by atoms with Gasteiger partial charge in [0.15, 0.2) is 8.32 Å². The lowest BCUT2D eigenvalue weighted by Crippen LogP contribution is -2.37. The van der Waals surface area contributed by atoms with Gasteiger partial charge in [-0.15, -0.1) is 0 Å². The van der Waals surface area contributed by atoms with Crippen LogP contribution in [0.5, 0.6) is 0 Å². The lowest BCUT2D eigenvalue weighted by atomic mass is 9.98. The van der Waals surface area contributed by atoms with Crippen LogP contribution in [0.25, 0.3) is 0 Å². The first-order valence-electron chi connectivity index (χ1n) is 6.19. The van der Waals surface area contributed by atoms with Crippen LogP contribution in [0.4, 0.5) is 0 Å². The molecule has 0 heterocycles. The van der Waals surface area contributed by atoms with E-state index in [1.165, 1.54) is 20.0 Å². The Bertz CT molecular complexity index is 297. The van der Waals surface area contributed by atoms with Crippen molar-refractivity contribution in [2.24, 2.45) is 11.8 Å². The first-order chi connectivity index (χ1) is 7.41. The molecule has 0 unspecified atom stereocenters. The van der Waals surface area contributed by atoms with Gasteiger partial charge in [0.2, 0.25) is 0 Å². The third kappa shape index (κ3) is 1.93. The first-order valence-corrected chi connectivity index (χ1v) is 9.59. The summed E-state index contributed by atoms with van der Waals surface area (Å²) >= 11 is 0. The summed E-state index contributed by atoms with van der Waals surface area (Å²) < 4.78 is 11.2. The van der Waals surface area contributed by atoms with Gasteiger partial charge in [-0.25, -0.2) is 0 Å². The summed E-state index contributed by atoms with van der Waals surface area (Å²) in [5, 5.41) is 0. The molecule has 0 spiro atoms. The fourth-order valence-corrected chi connectivity index (χ4v) is 4.78. The molecule has 0 aromatic rings. The molecule has 0 saturated heterocycles. The van der Waals surface area contributed by atoms with Gasteiger partial charge in [-0.3, -0.25) is 4.79 Å². The number of carbonyl (C=O) groups is 1. The van der Waals surface area contributed by atoms with Crippen molar-refractivity contribution in [1.82, 2.24) is 0 Å². The Balaban J connectivity index is 2.14. The molecule has 0 N–H and O–H groups in total. The van der Waals surface area contributed by atoms with Crippen LogP contribution < -0.4 is 0 Å². The van der Waals surface area contributed by atoms with Crippen molar-refractivity contribution in [2.75, 3.05) is 7.11 Å². The molecule has 0 aromatic carbocycles. The molecule has 3 nitrogen and oxygen atoms in total. The van der Waals surface area contributed by atoms with Gasteiger partial charge in [-0.2, -0.15) is 0 Å². The van der Waals surface area contributed by atoms with Crippen molar-refractivity contribution in [3.05, 3.63) is 0 Å². The van der Waals surface area contributed by atoms with Crippen molar-refractivity contribution in [3.8, 4) is 0 Å². The van der Waals surface area contributed by atoms with Crippen LogP contribution in [0.1, 0.15) is 25.7 Å². The summed E-state index contributed by atoms with van der Waals surface area (Å²) in [5.74, 6) is 0.386. The number of carbonyl (C=O) groups excluding carboxylic acids is 1. The van der Waals surface area contributed by atoms with Gasteiger partial charge in [0.25, 0.3) is 0 Å². The average Bonchev–Trinajstić information content (AvgIpc) is 2.81. The SMILES string of the molecule is COC(=O)[C@H]1[C@H]2CCCC[C@]21O[Si](C)(C)C. The van der Waals surface area contributed by atoms with Gasteiger partial charge >= 0.3 is 5.97 Å². The minimum Gasteiger partial charge on any atom is -0.469 e. The molecule has 2 aliphatic carbocycles. The van der Waals surface area contributed by atoms with Gasteiger partial charge < -0.3 is 9.16 Å². The number of hydrogen-bond acceptors (Lipinski definition) is 3. The molecule has 2 fully saturated rings. The fraction of sp³-hybridized carbons (Fsp3) is 0.917. The number of hydrogen-bond donors (Lipinski definition) is 0. The van der Waals surface area contributed by atoms with Crippen LogP contribution in [0.2, 0.25) is 19.6 Å². The van der Waals surface area contributed by atoms with Crippen molar-refractivity contribution >= 4 is 14.3 Å². The third-order valence-electron chi connectivity index (χ3n) is 3.73. The maximum Gasteiger partial charge on any atom is 0.311 e. The predicted molar refractivity (Wildman–Crippen MR) is 64.6 cm³/mol. The largest absolute Gasteiger partial charge is 0.469 e. The zero-order chi connectivity index (χ0) is 12.0. The van der Waals surface area contributed by atoms with Crippen molar-refractivity contribution in [2.45, 2.75) is 50.9 Å². The van der Waals surface area contributed by atoms with Crippen molar-refractivity contribution in [1.29, 1.82) is 0 Å². The normalized spacial score (nSPS) is 37.8. The van der Waals surface area contributed by atoms with Crippen LogP contribution in [0.3, 0.4) is 0 Å². The van der Waals surface area contributed by atoms with Crippen LogP contribution in [0.15, 0.2) is 0 Å². The van der Waals surface area contributed by atoms with Gasteiger partial charge in [0, 0.05) is 5.92 Å². The third-order valence-corrected chi connectivity index (χ3v) is 4.72. The smallest absolute Gasteiger partial charge is 0.311 e. The molecule has 2 rings (SSSR count). The summed E-state index contributed by atoms with van der Waals surface area (Å²) in [6.07, 6.45) is 4.59. The molecular weight excluding hydrogens is 220 g/mol. The molecule has 4 heteroatoms. The average molecular weight is 242 g/mol. The second kappa shape index (κ2) is 3.84. The van der Waals surface area contributed by atoms with Crippen molar-refractivity contribution < 1.29 is 14.0 Å². The molecule has 92 valence electrons. The highest BCUT2D eigenvalue weighted by atomic mass is 28.4. The topological polar surface area (TPSA) is 35.5 Å². The van der Waals surface area contributed by atoms with Gasteiger partial charge in [0.05, 0.1) is 18.6 Å². The maximum absolute atomic E-state index is 11.7. The molecule has 0 amide bonds. The van der Waals surface area contributed by atoms with Gasteiger partial charge in [0.1, 0.15) is 0 Å². The van der Waals surface area contributed by atoms with Crippen LogP contribution >= 0.6 is 0 Å². The predicted octanol–water partition coefficient (Wildman–Crippen LogP) is 2.57. The number of esters is 1.